The van der Waals surface area contributed by atoms with E-state index in [4.69, 9.17) is 0 Å². The van der Waals surface area contributed by atoms with Crippen LogP contribution in [0.4, 0.5) is 24.5 Å². The number of hydrogen-bond acceptors (Lipinski definition) is 5. The molecule has 0 saturated heterocycles. The van der Waals surface area contributed by atoms with E-state index in [9.17, 15) is 22.8 Å². The van der Waals surface area contributed by atoms with Crippen molar-refractivity contribution in [3.63, 3.8) is 0 Å². The van der Waals surface area contributed by atoms with Crippen LogP contribution in [0.5, 0.6) is 0 Å². The summed E-state index contributed by atoms with van der Waals surface area (Å²) < 4.78 is 40.4. The van der Waals surface area contributed by atoms with Crippen molar-refractivity contribution in [1.29, 1.82) is 0 Å². The Bertz CT molecular complexity index is 1200. The molecular formula is C22H18F3N5O2. The number of carbonyl (C=O) groups excluding carboxylic acids is 2. The number of alkyl halides is 2. The molecule has 10 heteroatoms. The molecule has 2 amide bonds. The van der Waals surface area contributed by atoms with Crippen molar-refractivity contribution in [2.45, 2.75) is 26.2 Å². The fourth-order valence-electron chi connectivity index (χ4n) is 3.64. The highest BCUT2D eigenvalue weighted by Crippen LogP contribution is 2.41. The van der Waals surface area contributed by atoms with Crippen molar-refractivity contribution < 1.29 is 22.8 Å². The molecule has 32 heavy (non-hydrogen) atoms. The van der Waals surface area contributed by atoms with Gasteiger partial charge in [0.15, 0.2) is 0 Å². The average Bonchev–Trinajstić information content (AvgIpc) is 2.84. The van der Waals surface area contributed by atoms with Crippen molar-refractivity contribution >= 4 is 23.2 Å². The van der Waals surface area contributed by atoms with E-state index < -0.39 is 36.7 Å². The second-order valence-corrected chi connectivity index (χ2v) is 7.40. The van der Waals surface area contributed by atoms with Crippen molar-refractivity contribution in [1.82, 2.24) is 15.2 Å². The van der Waals surface area contributed by atoms with Crippen molar-refractivity contribution in [2.24, 2.45) is 0 Å². The Morgan fingerprint density at radius 2 is 1.94 bits per heavy atom. The van der Waals surface area contributed by atoms with Gasteiger partial charge in [-0.05, 0) is 38.1 Å². The maximum atomic E-state index is 14.9. The molecule has 2 aromatic heterocycles. The lowest BCUT2D eigenvalue weighted by atomic mass is 9.99. The number of anilines is 2. The van der Waals surface area contributed by atoms with Crippen LogP contribution in [0.15, 0.2) is 42.6 Å². The average molecular weight is 441 g/mol. The Morgan fingerprint density at radius 1 is 1.22 bits per heavy atom. The zero-order valence-corrected chi connectivity index (χ0v) is 17.1. The number of hydrogen-bond donors (Lipinski definition) is 1. The molecule has 164 valence electrons. The van der Waals surface area contributed by atoms with Gasteiger partial charge < -0.3 is 10.2 Å². The predicted octanol–water partition coefficient (Wildman–Crippen LogP) is 4.01. The van der Waals surface area contributed by atoms with E-state index in [1.165, 1.54) is 41.4 Å². The molecule has 1 aliphatic rings. The van der Waals surface area contributed by atoms with Gasteiger partial charge in [-0.15, -0.1) is 0 Å². The molecule has 0 unspecified atom stereocenters. The molecule has 3 heterocycles. The first kappa shape index (κ1) is 21.4. The Balaban J connectivity index is 1.69. The summed E-state index contributed by atoms with van der Waals surface area (Å²) in [5.41, 5.74) is 1.38. The first-order chi connectivity index (χ1) is 15.3. The molecule has 0 radical (unpaired) electrons. The number of rotatable bonds is 4. The number of aryl methyl sites for hydroxylation is 1. The molecule has 1 aromatic carbocycles. The van der Waals surface area contributed by atoms with E-state index in [1.807, 2.05) is 0 Å². The van der Waals surface area contributed by atoms with Crippen LogP contribution in [-0.4, -0.2) is 33.5 Å². The second-order valence-electron chi connectivity index (χ2n) is 7.40. The van der Waals surface area contributed by atoms with Crippen molar-refractivity contribution in [3.05, 3.63) is 65.5 Å². The number of carbonyl (C=O) groups is 2. The van der Waals surface area contributed by atoms with Crippen LogP contribution in [-0.2, 0) is 9.59 Å². The quantitative estimate of drug-likeness (QED) is 0.618. The summed E-state index contributed by atoms with van der Waals surface area (Å²) in [5, 5.41) is 10.4. The molecule has 4 rings (SSSR count). The van der Waals surface area contributed by atoms with E-state index in [2.05, 4.69) is 20.5 Å². The van der Waals surface area contributed by atoms with E-state index in [1.54, 1.807) is 19.9 Å². The molecule has 3 aromatic rings. The third-order valence-corrected chi connectivity index (χ3v) is 5.19. The van der Waals surface area contributed by atoms with Crippen molar-refractivity contribution in [2.75, 3.05) is 16.8 Å². The minimum absolute atomic E-state index is 0.0623. The molecule has 1 atom stereocenters. The normalized spacial score (nSPS) is 15.2. The van der Waals surface area contributed by atoms with Crippen molar-refractivity contribution in [3.8, 4) is 11.1 Å². The number of amides is 2. The molecule has 1 aliphatic heterocycles. The number of aromatic nitrogens is 3. The number of nitrogens with one attached hydrogen (secondary N) is 1. The molecule has 0 aliphatic carbocycles. The lowest BCUT2D eigenvalue weighted by molar-refractivity contribution is -0.122. The number of nitrogens with zero attached hydrogens (tertiary/aromatic N) is 4. The lowest BCUT2D eigenvalue weighted by Gasteiger charge is -2.24. The standard InChI is InChI=1S/C22H18F3N5O2/c1-11-9-16-18(21(25)27-11)15-7-8-26-29-19(15)12(2)22(32)30(16)10-17(31)28-14-5-3-13(4-6-14)20(23)24/h3-9,12,20H,10H2,1-2H3,(H,28,31)/t12-/m0/s1. The van der Waals surface area contributed by atoms with Gasteiger partial charge in [-0.25, -0.2) is 13.8 Å². The number of pyridine rings is 1. The third-order valence-electron chi connectivity index (χ3n) is 5.19. The second kappa shape index (κ2) is 8.37. The topological polar surface area (TPSA) is 88.1 Å². The van der Waals surface area contributed by atoms with E-state index in [0.717, 1.165) is 0 Å². The summed E-state index contributed by atoms with van der Waals surface area (Å²) in [4.78, 5) is 31.0. The first-order valence-corrected chi connectivity index (χ1v) is 9.74. The van der Waals surface area contributed by atoms with Crippen LogP contribution in [0, 0.1) is 12.9 Å². The predicted molar refractivity (Wildman–Crippen MR) is 111 cm³/mol. The summed E-state index contributed by atoms with van der Waals surface area (Å²) in [7, 11) is 0. The lowest BCUT2D eigenvalue weighted by Crippen LogP contribution is -2.40. The van der Waals surface area contributed by atoms with Gasteiger partial charge in [0.25, 0.3) is 6.43 Å². The highest BCUT2D eigenvalue weighted by molar-refractivity contribution is 6.09. The Morgan fingerprint density at radius 3 is 2.62 bits per heavy atom. The highest BCUT2D eigenvalue weighted by atomic mass is 19.3. The van der Waals surface area contributed by atoms with Gasteiger partial charge in [-0.2, -0.15) is 14.6 Å². The molecule has 0 bridgehead atoms. The smallest absolute Gasteiger partial charge is 0.263 e. The number of halogens is 3. The van der Waals surface area contributed by atoms with Crippen LogP contribution >= 0.6 is 0 Å². The van der Waals surface area contributed by atoms with Gasteiger partial charge >= 0.3 is 0 Å². The zero-order chi connectivity index (χ0) is 23.0. The highest BCUT2D eigenvalue weighted by Gasteiger charge is 2.35. The SMILES string of the molecule is Cc1cc2c(c(F)n1)-c1ccnnc1[C@H](C)C(=O)N2CC(=O)Nc1ccc(C(F)F)cc1. The van der Waals surface area contributed by atoms with Crippen LogP contribution in [0.1, 0.15) is 36.2 Å². The maximum absolute atomic E-state index is 14.9. The van der Waals surface area contributed by atoms with E-state index in [-0.39, 0.29) is 22.5 Å². The zero-order valence-electron chi connectivity index (χ0n) is 17.1. The Hall–Kier alpha value is -3.82. The summed E-state index contributed by atoms with van der Waals surface area (Å²) in [6.45, 7) is 2.77. The summed E-state index contributed by atoms with van der Waals surface area (Å²) in [6, 6.07) is 8.18. The van der Waals surface area contributed by atoms with Gasteiger partial charge in [0.1, 0.15) is 6.54 Å². The molecule has 7 nitrogen and oxygen atoms in total. The molecule has 0 fully saturated rings. The molecule has 0 spiro atoms. The van der Waals surface area contributed by atoms with E-state index >= 15 is 0 Å². The monoisotopic (exact) mass is 441 g/mol. The van der Waals surface area contributed by atoms with Gasteiger partial charge in [0.05, 0.1) is 29.1 Å². The first-order valence-electron chi connectivity index (χ1n) is 9.74. The summed E-state index contributed by atoms with van der Waals surface area (Å²) in [5.74, 6) is -2.61. The minimum Gasteiger partial charge on any atom is -0.325 e. The fraction of sp³-hybridized carbons (Fsp3) is 0.227. The molecule has 0 saturated carbocycles. The summed E-state index contributed by atoms with van der Waals surface area (Å²) in [6.07, 6.45) is -1.23. The van der Waals surface area contributed by atoms with Crippen LogP contribution in [0.3, 0.4) is 0 Å². The molecule has 1 N–H and O–H groups in total. The van der Waals surface area contributed by atoms with Crippen LogP contribution in [0.2, 0.25) is 0 Å². The van der Waals surface area contributed by atoms with Gasteiger partial charge in [0.2, 0.25) is 17.8 Å². The fourth-order valence-corrected chi connectivity index (χ4v) is 3.64. The largest absolute Gasteiger partial charge is 0.325 e. The van der Waals surface area contributed by atoms with Crippen LogP contribution < -0.4 is 10.2 Å². The molecular weight excluding hydrogens is 423 g/mol. The Kier molecular flexibility index (Phi) is 5.60. The Labute approximate surface area is 181 Å². The van der Waals surface area contributed by atoms with Gasteiger partial charge in [-0.1, -0.05) is 12.1 Å². The number of benzene rings is 1. The third kappa shape index (κ3) is 3.91. The summed E-state index contributed by atoms with van der Waals surface area (Å²) >= 11 is 0. The minimum atomic E-state index is -2.62. The van der Waals surface area contributed by atoms with Gasteiger partial charge in [-0.3, -0.25) is 9.59 Å². The van der Waals surface area contributed by atoms with Crippen LogP contribution in [0.25, 0.3) is 11.1 Å². The number of fused-ring (bicyclic) bond motifs is 3. The van der Waals surface area contributed by atoms with E-state index in [0.29, 0.717) is 16.9 Å². The van der Waals surface area contributed by atoms with Gasteiger partial charge in [0, 0.05) is 22.5 Å². The maximum Gasteiger partial charge on any atom is 0.263 e.